The van der Waals surface area contributed by atoms with Gasteiger partial charge in [-0.15, -0.1) is 0 Å². The molecule has 6 nitrogen and oxygen atoms in total. The highest BCUT2D eigenvalue weighted by Gasteiger charge is 2.27. The van der Waals surface area contributed by atoms with Crippen molar-refractivity contribution < 1.29 is 13.9 Å². The van der Waals surface area contributed by atoms with Crippen LogP contribution < -0.4 is 4.74 Å². The molecule has 1 saturated heterocycles. The van der Waals surface area contributed by atoms with Crippen LogP contribution in [0.15, 0.2) is 30.6 Å². The van der Waals surface area contributed by atoms with E-state index in [1.807, 2.05) is 6.07 Å². The van der Waals surface area contributed by atoms with Gasteiger partial charge in [-0.1, -0.05) is 11.6 Å². The third-order valence-corrected chi connectivity index (χ3v) is 4.19. The maximum atomic E-state index is 13.2. The number of benzene rings is 1. The predicted molar refractivity (Wildman–Crippen MR) is 87.7 cm³/mol. The molecule has 2 aromatic rings. The summed E-state index contributed by atoms with van der Waals surface area (Å²) in [7, 11) is 0. The van der Waals surface area contributed by atoms with Crippen LogP contribution >= 0.6 is 11.6 Å². The fourth-order valence-corrected chi connectivity index (χ4v) is 2.95. The largest absolute Gasteiger partial charge is 0.470 e. The zero-order valence-electron chi connectivity index (χ0n) is 13.2. The molecule has 25 heavy (non-hydrogen) atoms. The van der Waals surface area contributed by atoms with E-state index in [9.17, 15) is 9.18 Å². The molecule has 0 saturated carbocycles. The standard InChI is InChI=1S/C17H14ClFN4O2/c18-14-8-11(19)3-4-13(14)17(24)23-7-1-2-12(10-23)25-16-15(9-20)21-5-6-22-16/h3-6,8,12H,1-2,7,10H2/t12-/m1/s1. The molecule has 1 atom stereocenters. The number of nitrogens with zero attached hydrogens (tertiary/aromatic N) is 4. The van der Waals surface area contributed by atoms with Gasteiger partial charge >= 0.3 is 0 Å². The minimum Gasteiger partial charge on any atom is -0.470 e. The second-order valence-corrected chi connectivity index (χ2v) is 5.99. The molecule has 1 fully saturated rings. The molecule has 0 radical (unpaired) electrons. The zero-order valence-corrected chi connectivity index (χ0v) is 13.9. The molecular weight excluding hydrogens is 347 g/mol. The van der Waals surface area contributed by atoms with Gasteiger partial charge in [-0.3, -0.25) is 4.79 Å². The van der Waals surface area contributed by atoms with E-state index in [2.05, 4.69) is 9.97 Å². The number of halogens is 2. The lowest BCUT2D eigenvalue weighted by molar-refractivity contribution is 0.0526. The van der Waals surface area contributed by atoms with Crippen molar-refractivity contribution in [3.05, 3.63) is 52.7 Å². The molecule has 3 rings (SSSR count). The van der Waals surface area contributed by atoms with Gasteiger partial charge in [0.1, 0.15) is 18.0 Å². The van der Waals surface area contributed by atoms with Crippen molar-refractivity contribution in [2.24, 2.45) is 0 Å². The quantitative estimate of drug-likeness (QED) is 0.840. The molecule has 128 valence electrons. The minimum atomic E-state index is -0.493. The maximum absolute atomic E-state index is 13.2. The number of ether oxygens (including phenoxy) is 1. The molecule has 1 aromatic heterocycles. The Morgan fingerprint density at radius 1 is 1.40 bits per heavy atom. The van der Waals surface area contributed by atoms with Gasteiger partial charge < -0.3 is 9.64 Å². The summed E-state index contributed by atoms with van der Waals surface area (Å²) < 4.78 is 18.9. The topological polar surface area (TPSA) is 79.1 Å². The van der Waals surface area contributed by atoms with Gasteiger partial charge in [0.2, 0.25) is 5.69 Å². The van der Waals surface area contributed by atoms with Crippen LogP contribution in [0.5, 0.6) is 5.88 Å². The third kappa shape index (κ3) is 3.86. The van der Waals surface area contributed by atoms with E-state index in [-0.39, 0.29) is 34.2 Å². The normalized spacial score (nSPS) is 17.0. The van der Waals surface area contributed by atoms with Crippen LogP contribution in [0.4, 0.5) is 4.39 Å². The molecule has 0 unspecified atom stereocenters. The van der Waals surface area contributed by atoms with Crippen LogP contribution in [-0.2, 0) is 0 Å². The Morgan fingerprint density at radius 3 is 2.96 bits per heavy atom. The number of likely N-dealkylation sites (tertiary alicyclic amines) is 1. The summed E-state index contributed by atoms with van der Waals surface area (Å²) in [5.74, 6) is -0.616. The lowest BCUT2D eigenvalue weighted by Gasteiger charge is -2.32. The minimum absolute atomic E-state index is 0.0775. The summed E-state index contributed by atoms with van der Waals surface area (Å²) in [6.45, 7) is 0.881. The van der Waals surface area contributed by atoms with Gasteiger partial charge in [-0.2, -0.15) is 5.26 Å². The van der Waals surface area contributed by atoms with Gasteiger partial charge in [0, 0.05) is 18.9 Å². The number of aromatic nitrogens is 2. The molecular formula is C17H14ClFN4O2. The first-order valence-electron chi connectivity index (χ1n) is 7.70. The van der Waals surface area contributed by atoms with Crippen molar-refractivity contribution in [3.8, 4) is 11.9 Å². The molecule has 1 amide bonds. The Kier molecular flexibility index (Phi) is 5.10. The van der Waals surface area contributed by atoms with E-state index in [1.165, 1.54) is 24.5 Å². The van der Waals surface area contributed by atoms with Crippen LogP contribution in [0.1, 0.15) is 28.9 Å². The SMILES string of the molecule is N#Cc1nccnc1O[C@@H]1CCCN(C(=O)c2ccc(F)cc2Cl)C1. The Balaban J connectivity index is 1.73. The number of carbonyl (C=O) groups is 1. The lowest BCUT2D eigenvalue weighted by Crippen LogP contribution is -2.44. The zero-order chi connectivity index (χ0) is 17.8. The molecule has 8 heteroatoms. The second kappa shape index (κ2) is 7.45. The summed E-state index contributed by atoms with van der Waals surface area (Å²) in [6, 6.07) is 5.62. The molecule has 0 aliphatic carbocycles. The first-order chi connectivity index (χ1) is 12.1. The number of hydrogen-bond donors (Lipinski definition) is 0. The molecule has 1 aliphatic heterocycles. The summed E-state index contributed by atoms with van der Waals surface area (Å²) >= 11 is 5.98. The van der Waals surface area contributed by atoms with Crippen LogP contribution in [0, 0.1) is 17.1 Å². The average Bonchev–Trinajstić information content (AvgIpc) is 2.62. The van der Waals surface area contributed by atoms with Gasteiger partial charge in [-0.05, 0) is 31.0 Å². The van der Waals surface area contributed by atoms with E-state index in [0.29, 0.717) is 13.1 Å². The van der Waals surface area contributed by atoms with E-state index < -0.39 is 5.82 Å². The van der Waals surface area contributed by atoms with Crippen molar-refractivity contribution >= 4 is 17.5 Å². The van der Waals surface area contributed by atoms with Crippen molar-refractivity contribution in [2.75, 3.05) is 13.1 Å². The number of hydrogen-bond acceptors (Lipinski definition) is 5. The maximum Gasteiger partial charge on any atom is 0.255 e. The molecule has 0 N–H and O–H groups in total. The van der Waals surface area contributed by atoms with E-state index >= 15 is 0 Å². The number of rotatable bonds is 3. The van der Waals surface area contributed by atoms with Gasteiger partial charge in [0.05, 0.1) is 17.1 Å². The van der Waals surface area contributed by atoms with E-state index in [4.69, 9.17) is 21.6 Å². The predicted octanol–water partition coefficient (Wildman–Crippen LogP) is 2.82. The van der Waals surface area contributed by atoms with Gasteiger partial charge in [0.15, 0.2) is 0 Å². The highest BCUT2D eigenvalue weighted by Crippen LogP contribution is 2.23. The number of nitriles is 1. The average molecular weight is 361 g/mol. The van der Waals surface area contributed by atoms with Crippen LogP contribution in [0.25, 0.3) is 0 Å². The molecule has 2 heterocycles. The number of piperidine rings is 1. The summed E-state index contributed by atoms with van der Waals surface area (Å²) in [6.07, 6.45) is 4.01. The van der Waals surface area contributed by atoms with Crippen LogP contribution in [0.2, 0.25) is 5.02 Å². The summed E-state index contributed by atoms with van der Waals surface area (Å²) in [4.78, 5) is 22.2. The number of amides is 1. The molecule has 1 aromatic carbocycles. The van der Waals surface area contributed by atoms with E-state index in [0.717, 1.165) is 18.9 Å². The van der Waals surface area contributed by atoms with Crippen molar-refractivity contribution in [3.63, 3.8) is 0 Å². The first kappa shape index (κ1) is 17.1. The third-order valence-electron chi connectivity index (χ3n) is 3.88. The Labute approximate surface area is 148 Å². The van der Waals surface area contributed by atoms with Crippen LogP contribution in [-0.4, -0.2) is 40.0 Å². The van der Waals surface area contributed by atoms with Crippen LogP contribution in [0.3, 0.4) is 0 Å². The fourth-order valence-electron chi connectivity index (χ4n) is 2.70. The highest BCUT2D eigenvalue weighted by atomic mass is 35.5. The van der Waals surface area contributed by atoms with Gasteiger partial charge in [-0.25, -0.2) is 14.4 Å². The van der Waals surface area contributed by atoms with Crippen molar-refractivity contribution in [1.82, 2.24) is 14.9 Å². The Hall–Kier alpha value is -2.72. The monoisotopic (exact) mass is 360 g/mol. The highest BCUT2D eigenvalue weighted by molar-refractivity contribution is 6.33. The summed E-state index contributed by atoms with van der Waals surface area (Å²) in [5.41, 5.74) is 0.355. The smallest absolute Gasteiger partial charge is 0.255 e. The van der Waals surface area contributed by atoms with Gasteiger partial charge in [0.25, 0.3) is 11.8 Å². The molecule has 0 bridgehead atoms. The Morgan fingerprint density at radius 2 is 2.20 bits per heavy atom. The second-order valence-electron chi connectivity index (χ2n) is 5.58. The van der Waals surface area contributed by atoms with E-state index in [1.54, 1.807) is 4.90 Å². The molecule has 1 aliphatic rings. The fraction of sp³-hybridized carbons (Fsp3) is 0.294. The van der Waals surface area contributed by atoms with Crippen molar-refractivity contribution in [2.45, 2.75) is 18.9 Å². The van der Waals surface area contributed by atoms with Crippen molar-refractivity contribution in [1.29, 1.82) is 5.26 Å². The summed E-state index contributed by atoms with van der Waals surface area (Å²) in [5, 5.41) is 9.12. The first-order valence-corrected chi connectivity index (χ1v) is 8.08. The molecule has 0 spiro atoms. The number of carbonyl (C=O) groups excluding carboxylic acids is 1. The Bertz CT molecular complexity index is 840. The lowest BCUT2D eigenvalue weighted by atomic mass is 10.1.